The van der Waals surface area contributed by atoms with Crippen molar-refractivity contribution in [2.45, 2.75) is 6.92 Å². The van der Waals surface area contributed by atoms with Gasteiger partial charge in [-0.15, -0.1) is 11.3 Å². The third-order valence-electron chi connectivity index (χ3n) is 3.72. The van der Waals surface area contributed by atoms with E-state index >= 15 is 0 Å². The highest BCUT2D eigenvalue weighted by Gasteiger charge is 2.11. The van der Waals surface area contributed by atoms with Crippen molar-refractivity contribution in [3.8, 4) is 10.6 Å². The summed E-state index contributed by atoms with van der Waals surface area (Å²) in [5, 5.41) is 4.06. The van der Waals surface area contributed by atoms with E-state index in [0.29, 0.717) is 0 Å². The summed E-state index contributed by atoms with van der Waals surface area (Å²) >= 11 is 8.03. The van der Waals surface area contributed by atoms with E-state index in [1.807, 2.05) is 18.2 Å². The molecule has 0 radical (unpaired) electrons. The molecule has 102 valence electrons. The Hall–Kier alpha value is -1.90. The number of nitrogens with zero attached hydrogens (tertiary/aromatic N) is 1. The molecule has 0 amide bonds. The first-order valence-corrected chi connectivity index (χ1v) is 7.97. The number of para-hydroxylation sites is 1. The van der Waals surface area contributed by atoms with Crippen molar-refractivity contribution in [2.24, 2.45) is 0 Å². The molecular formula is C18H12ClNS. The van der Waals surface area contributed by atoms with Crippen LogP contribution in [0.1, 0.15) is 5.56 Å². The lowest BCUT2D eigenvalue weighted by molar-refractivity contribution is 1.42. The van der Waals surface area contributed by atoms with Gasteiger partial charge in [0.1, 0.15) is 5.01 Å². The van der Waals surface area contributed by atoms with Gasteiger partial charge >= 0.3 is 0 Å². The number of aromatic nitrogens is 1. The van der Waals surface area contributed by atoms with Crippen LogP contribution in [-0.2, 0) is 0 Å². The Labute approximate surface area is 131 Å². The van der Waals surface area contributed by atoms with Gasteiger partial charge in [0, 0.05) is 16.0 Å². The first kappa shape index (κ1) is 12.8. The SMILES string of the molecule is Cc1cccc2sc(-c3cccc4c(Cl)cccc34)nc12. The molecule has 3 aromatic carbocycles. The van der Waals surface area contributed by atoms with Crippen molar-refractivity contribution in [1.82, 2.24) is 4.98 Å². The Morgan fingerprint density at radius 2 is 1.67 bits per heavy atom. The molecule has 1 aromatic heterocycles. The summed E-state index contributed by atoms with van der Waals surface area (Å²) in [6.07, 6.45) is 0. The number of rotatable bonds is 1. The number of thiazole rings is 1. The van der Waals surface area contributed by atoms with Gasteiger partial charge in [0.25, 0.3) is 0 Å². The third kappa shape index (κ3) is 2.03. The average Bonchev–Trinajstić information content (AvgIpc) is 2.93. The van der Waals surface area contributed by atoms with E-state index in [9.17, 15) is 0 Å². The zero-order valence-electron chi connectivity index (χ0n) is 11.4. The van der Waals surface area contributed by atoms with Crippen LogP contribution in [0.5, 0.6) is 0 Å². The quantitative estimate of drug-likeness (QED) is 0.415. The van der Waals surface area contributed by atoms with Crippen molar-refractivity contribution < 1.29 is 0 Å². The molecule has 0 saturated heterocycles. The number of halogens is 1. The van der Waals surface area contributed by atoms with Crippen LogP contribution in [0.15, 0.2) is 54.6 Å². The molecule has 21 heavy (non-hydrogen) atoms. The number of aryl methyl sites for hydroxylation is 1. The maximum atomic E-state index is 6.30. The van der Waals surface area contributed by atoms with Gasteiger partial charge in [-0.05, 0) is 30.0 Å². The Balaban J connectivity index is 2.05. The Kier molecular flexibility index (Phi) is 2.95. The first-order valence-electron chi connectivity index (χ1n) is 6.78. The highest BCUT2D eigenvalue weighted by atomic mass is 35.5. The number of hydrogen-bond donors (Lipinski definition) is 0. The van der Waals surface area contributed by atoms with Crippen LogP contribution in [0.3, 0.4) is 0 Å². The van der Waals surface area contributed by atoms with Gasteiger partial charge in [0.05, 0.1) is 10.2 Å². The normalized spacial score (nSPS) is 11.3. The minimum Gasteiger partial charge on any atom is -0.236 e. The fourth-order valence-electron chi connectivity index (χ4n) is 2.66. The predicted octanol–water partition coefficient (Wildman–Crippen LogP) is 6.08. The molecule has 4 aromatic rings. The molecule has 0 N–H and O–H groups in total. The van der Waals surface area contributed by atoms with Crippen molar-refractivity contribution >= 4 is 43.9 Å². The average molecular weight is 310 g/mol. The van der Waals surface area contributed by atoms with Gasteiger partial charge in [0.2, 0.25) is 0 Å². The van der Waals surface area contributed by atoms with Crippen LogP contribution < -0.4 is 0 Å². The maximum Gasteiger partial charge on any atom is 0.125 e. The molecule has 1 heterocycles. The maximum absolute atomic E-state index is 6.30. The second-order valence-corrected chi connectivity index (χ2v) is 6.52. The molecule has 0 unspecified atom stereocenters. The molecule has 0 fully saturated rings. The Morgan fingerprint density at radius 3 is 2.52 bits per heavy atom. The van der Waals surface area contributed by atoms with Gasteiger partial charge in [-0.1, -0.05) is 54.1 Å². The molecule has 0 atom stereocenters. The summed E-state index contributed by atoms with van der Waals surface area (Å²) in [6, 6.07) is 18.6. The molecule has 0 aliphatic rings. The fraction of sp³-hybridized carbons (Fsp3) is 0.0556. The molecule has 4 rings (SSSR count). The van der Waals surface area contributed by atoms with Crippen molar-refractivity contribution in [1.29, 1.82) is 0 Å². The van der Waals surface area contributed by atoms with E-state index in [0.717, 1.165) is 31.9 Å². The van der Waals surface area contributed by atoms with Gasteiger partial charge in [0.15, 0.2) is 0 Å². The lowest BCUT2D eigenvalue weighted by Gasteiger charge is -2.04. The van der Waals surface area contributed by atoms with E-state index in [4.69, 9.17) is 16.6 Å². The fourth-order valence-corrected chi connectivity index (χ4v) is 3.98. The molecule has 0 aliphatic heterocycles. The summed E-state index contributed by atoms with van der Waals surface area (Å²) in [6.45, 7) is 2.10. The second-order valence-electron chi connectivity index (χ2n) is 5.08. The van der Waals surface area contributed by atoms with Crippen LogP contribution in [0.2, 0.25) is 5.02 Å². The van der Waals surface area contributed by atoms with E-state index in [-0.39, 0.29) is 0 Å². The Morgan fingerprint density at radius 1 is 0.905 bits per heavy atom. The minimum atomic E-state index is 0.784. The first-order chi connectivity index (χ1) is 10.2. The van der Waals surface area contributed by atoms with Crippen molar-refractivity contribution in [2.75, 3.05) is 0 Å². The number of hydrogen-bond acceptors (Lipinski definition) is 2. The summed E-state index contributed by atoms with van der Waals surface area (Å²) in [5.74, 6) is 0. The van der Waals surface area contributed by atoms with Gasteiger partial charge in [-0.25, -0.2) is 4.98 Å². The summed E-state index contributed by atoms with van der Waals surface area (Å²) in [4.78, 5) is 4.84. The van der Waals surface area contributed by atoms with E-state index < -0.39 is 0 Å². The van der Waals surface area contributed by atoms with Crippen LogP contribution in [0, 0.1) is 6.92 Å². The number of fused-ring (bicyclic) bond motifs is 2. The monoisotopic (exact) mass is 309 g/mol. The zero-order valence-corrected chi connectivity index (χ0v) is 13.0. The molecule has 0 bridgehead atoms. The van der Waals surface area contributed by atoms with Crippen molar-refractivity contribution in [3.05, 3.63) is 65.2 Å². The van der Waals surface area contributed by atoms with E-state index in [1.165, 1.54) is 10.3 Å². The molecule has 3 heteroatoms. The minimum absolute atomic E-state index is 0.784. The van der Waals surface area contributed by atoms with Crippen molar-refractivity contribution in [3.63, 3.8) is 0 Å². The van der Waals surface area contributed by atoms with Gasteiger partial charge in [-0.3, -0.25) is 0 Å². The van der Waals surface area contributed by atoms with Crippen LogP contribution >= 0.6 is 22.9 Å². The largest absolute Gasteiger partial charge is 0.236 e. The summed E-state index contributed by atoms with van der Waals surface area (Å²) in [5.41, 5.74) is 3.46. The molecule has 1 nitrogen and oxygen atoms in total. The second kappa shape index (κ2) is 4.83. The standard InChI is InChI=1S/C18H12ClNS/c1-11-5-2-10-16-17(11)20-18(21-16)14-8-3-7-13-12(14)6-4-9-15(13)19/h2-10H,1H3. The lowest BCUT2D eigenvalue weighted by Crippen LogP contribution is -1.81. The van der Waals surface area contributed by atoms with Crippen LogP contribution in [0.4, 0.5) is 0 Å². The number of benzene rings is 3. The highest BCUT2D eigenvalue weighted by molar-refractivity contribution is 7.21. The topological polar surface area (TPSA) is 12.9 Å². The molecule has 0 saturated carbocycles. The van der Waals surface area contributed by atoms with Crippen LogP contribution in [0.25, 0.3) is 31.6 Å². The van der Waals surface area contributed by atoms with E-state index in [1.54, 1.807) is 11.3 Å². The smallest absolute Gasteiger partial charge is 0.125 e. The third-order valence-corrected chi connectivity index (χ3v) is 5.10. The molecule has 0 aliphatic carbocycles. The zero-order chi connectivity index (χ0) is 14.4. The Bertz CT molecular complexity index is 971. The highest BCUT2D eigenvalue weighted by Crippen LogP contribution is 2.36. The van der Waals surface area contributed by atoms with Gasteiger partial charge in [-0.2, -0.15) is 0 Å². The lowest BCUT2D eigenvalue weighted by atomic mass is 10.1. The van der Waals surface area contributed by atoms with Gasteiger partial charge < -0.3 is 0 Å². The van der Waals surface area contributed by atoms with Crippen LogP contribution in [-0.4, -0.2) is 4.98 Å². The molecular weight excluding hydrogens is 298 g/mol. The summed E-state index contributed by atoms with van der Waals surface area (Å²) in [7, 11) is 0. The summed E-state index contributed by atoms with van der Waals surface area (Å²) < 4.78 is 1.23. The predicted molar refractivity (Wildman–Crippen MR) is 92.3 cm³/mol. The molecule has 0 spiro atoms. The van der Waals surface area contributed by atoms with E-state index in [2.05, 4.69) is 43.3 Å².